The van der Waals surface area contributed by atoms with Gasteiger partial charge in [0.05, 0.1) is 35.9 Å². The second-order valence-electron chi connectivity index (χ2n) is 11.2. The number of amides is 1. The topological polar surface area (TPSA) is 59.0 Å². The molecule has 1 saturated carbocycles. The molecule has 1 aliphatic heterocycles. The van der Waals surface area contributed by atoms with E-state index in [0.717, 1.165) is 34.0 Å². The van der Waals surface area contributed by atoms with Crippen LogP contribution in [0.25, 0.3) is 0 Å². The predicted octanol–water partition coefficient (Wildman–Crippen LogP) is 6.88. The van der Waals surface area contributed by atoms with E-state index in [1.54, 1.807) is 0 Å². The summed E-state index contributed by atoms with van der Waals surface area (Å²) in [4.78, 5) is 34.8. The molecule has 0 aromatic heterocycles. The average molecular weight is 495 g/mol. The standard InChI is InChI=1S/C32H34N2O3/c1-21(2)37-24-16-14-23(15-17-24)31-30-26(19-32(3,4)20-28(30)35)33-25-12-8-9-13-27(25)34(31)29(36)18-22-10-6-5-7-11-22/h5-17,21,30-31H,18-20H2,1-4H3/t30-,31-/m0/s1. The fourth-order valence-electron chi connectivity index (χ4n) is 5.62. The van der Waals surface area contributed by atoms with Gasteiger partial charge in [0.25, 0.3) is 0 Å². The van der Waals surface area contributed by atoms with Gasteiger partial charge in [0.1, 0.15) is 11.5 Å². The molecule has 5 nitrogen and oxygen atoms in total. The van der Waals surface area contributed by atoms with Crippen molar-refractivity contribution in [1.82, 2.24) is 0 Å². The number of para-hydroxylation sites is 2. The minimum Gasteiger partial charge on any atom is -0.491 e. The van der Waals surface area contributed by atoms with Crippen molar-refractivity contribution in [2.75, 3.05) is 4.90 Å². The van der Waals surface area contributed by atoms with Gasteiger partial charge in [0.2, 0.25) is 5.91 Å². The molecule has 3 aromatic rings. The number of anilines is 1. The largest absolute Gasteiger partial charge is 0.491 e. The first-order chi connectivity index (χ1) is 17.7. The molecule has 5 heteroatoms. The van der Waals surface area contributed by atoms with E-state index < -0.39 is 12.0 Å². The summed E-state index contributed by atoms with van der Waals surface area (Å²) in [6, 6.07) is 24.9. The molecule has 1 amide bonds. The Balaban J connectivity index is 1.66. The summed E-state index contributed by atoms with van der Waals surface area (Å²) >= 11 is 0. The molecule has 0 unspecified atom stereocenters. The Morgan fingerprint density at radius 2 is 1.65 bits per heavy atom. The van der Waals surface area contributed by atoms with Crippen LogP contribution in [0.2, 0.25) is 0 Å². The van der Waals surface area contributed by atoms with Gasteiger partial charge in [-0.2, -0.15) is 0 Å². The van der Waals surface area contributed by atoms with Gasteiger partial charge in [0, 0.05) is 12.1 Å². The zero-order chi connectivity index (χ0) is 26.2. The summed E-state index contributed by atoms with van der Waals surface area (Å²) in [5.41, 5.74) is 3.99. The Morgan fingerprint density at radius 1 is 0.973 bits per heavy atom. The maximum absolute atomic E-state index is 14.1. The lowest BCUT2D eigenvalue weighted by Gasteiger charge is -2.41. The highest BCUT2D eigenvalue weighted by Gasteiger charge is 2.47. The van der Waals surface area contributed by atoms with E-state index in [1.807, 2.05) is 97.6 Å². The number of ether oxygens (including phenoxy) is 1. The molecular formula is C32H34N2O3. The average Bonchev–Trinajstić information content (AvgIpc) is 2.98. The molecule has 0 N–H and O–H groups in total. The molecule has 37 heavy (non-hydrogen) atoms. The number of aliphatic imine (C=N–C) groups is 1. The lowest BCUT2D eigenvalue weighted by atomic mass is 9.68. The Hall–Kier alpha value is -3.73. The Labute approximate surface area is 219 Å². The molecule has 2 aliphatic rings. The summed E-state index contributed by atoms with van der Waals surface area (Å²) in [6.45, 7) is 8.22. The monoisotopic (exact) mass is 494 g/mol. The van der Waals surface area contributed by atoms with Gasteiger partial charge in [0.15, 0.2) is 0 Å². The van der Waals surface area contributed by atoms with Crippen LogP contribution in [-0.2, 0) is 16.0 Å². The maximum Gasteiger partial charge on any atom is 0.232 e. The number of rotatable bonds is 5. The van der Waals surface area contributed by atoms with Gasteiger partial charge in [-0.25, -0.2) is 0 Å². The molecule has 1 fully saturated rings. The molecule has 0 spiro atoms. The van der Waals surface area contributed by atoms with E-state index in [0.29, 0.717) is 12.8 Å². The van der Waals surface area contributed by atoms with Crippen molar-refractivity contribution in [3.05, 3.63) is 90.0 Å². The van der Waals surface area contributed by atoms with Crippen molar-refractivity contribution in [1.29, 1.82) is 0 Å². The van der Waals surface area contributed by atoms with Crippen molar-refractivity contribution >= 4 is 28.8 Å². The highest BCUT2D eigenvalue weighted by atomic mass is 16.5. The number of ketones is 1. The Morgan fingerprint density at radius 3 is 2.35 bits per heavy atom. The maximum atomic E-state index is 14.1. The van der Waals surface area contributed by atoms with Crippen LogP contribution >= 0.6 is 0 Å². The van der Waals surface area contributed by atoms with Crippen LogP contribution in [0, 0.1) is 11.3 Å². The second-order valence-corrected chi connectivity index (χ2v) is 11.2. The summed E-state index contributed by atoms with van der Waals surface area (Å²) in [7, 11) is 0. The molecule has 0 bridgehead atoms. The summed E-state index contributed by atoms with van der Waals surface area (Å²) in [6.07, 6.45) is 1.46. The number of carbonyl (C=O) groups excluding carboxylic acids is 2. The van der Waals surface area contributed by atoms with E-state index in [-0.39, 0.29) is 29.6 Å². The molecule has 0 saturated heterocycles. The molecule has 190 valence electrons. The van der Waals surface area contributed by atoms with E-state index in [2.05, 4.69) is 13.8 Å². The van der Waals surface area contributed by atoms with Crippen molar-refractivity contribution in [2.45, 2.75) is 59.1 Å². The molecular weight excluding hydrogens is 460 g/mol. The van der Waals surface area contributed by atoms with E-state index in [1.165, 1.54) is 0 Å². The van der Waals surface area contributed by atoms with Crippen molar-refractivity contribution in [3.63, 3.8) is 0 Å². The Kier molecular flexibility index (Phi) is 6.72. The summed E-state index contributed by atoms with van der Waals surface area (Å²) in [5, 5.41) is 0. The highest BCUT2D eigenvalue weighted by Crippen LogP contribution is 2.48. The number of hydrogen-bond acceptors (Lipinski definition) is 4. The van der Waals surface area contributed by atoms with E-state index in [9.17, 15) is 9.59 Å². The summed E-state index contributed by atoms with van der Waals surface area (Å²) in [5.74, 6) is 0.338. The second kappa shape index (κ2) is 9.97. The van der Waals surface area contributed by atoms with Gasteiger partial charge in [-0.3, -0.25) is 14.6 Å². The van der Waals surface area contributed by atoms with Gasteiger partial charge < -0.3 is 9.64 Å². The minimum absolute atomic E-state index is 0.0553. The van der Waals surface area contributed by atoms with Crippen LogP contribution < -0.4 is 9.64 Å². The first-order valence-electron chi connectivity index (χ1n) is 13.0. The number of hydrogen-bond donors (Lipinski definition) is 0. The molecule has 5 rings (SSSR count). The molecule has 3 aromatic carbocycles. The third-order valence-electron chi connectivity index (χ3n) is 7.08. The first kappa shape index (κ1) is 24.9. The van der Waals surface area contributed by atoms with Crippen LogP contribution in [0.1, 0.15) is 57.7 Å². The van der Waals surface area contributed by atoms with Crippen molar-refractivity contribution < 1.29 is 14.3 Å². The molecule has 1 heterocycles. The fraction of sp³-hybridized carbons (Fsp3) is 0.344. The number of nitrogens with zero attached hydrogens (tertiary/aromatic N) is 2. The van der Waals surface area contributed by atoms with Crippen molar-refractivity contribution in [3.8, 4) is 5.75 Å². The number of carbonyl (C=O) groups is 2. The van der Waals surface area contributed by atoms with Gasteiger partial charge >= 0.3 is 0 Å². The quantitative estimate of drug-likeness (QED) is 0.388. The third-order valence-corrected chi connectivity index (χ3v) is 7.08. The van der Waals surface area contributed by atoms with Crippen LogP contribution in [0.5, 0.6) is 5.75 Å². The van der Waals surface area contributed by atoms with Crippen LogP contribution in [0.4, 0.5) is 11.4 Å². The first-order valence-corrected chi connectivity index (χ1v) is 13.0. The Bertz CT molecular complexity index is 1330. The van der Waals surface area contributed by atoms with E-state index >= 15 is 0 Å². The SMILES string of the molecule is CC(C)Oc1ccc([C@H]2[C@@H]3C(=O)CC(C)(C)CC3=Nc3ccccc3N2C(=O)Cc2ccccc2)cc1. The molecule has 1 aliphatic carbocycles. The number of fused-ring (bicyclic) bond motifs is 2. The minimum atomic E-state index is -0.503. The van der Waals surface area contributed by atoms with E-state index in [4.69, 9.17) is 9.73 Å². The lowest BCUT2D eigenvalue weighted by Crippen LogP contribution is -2.47. The molecule has 2 atom stereocenters. The number of Topliss-reactive ketones (excluding diaryl/α,β-unsaturated/α-hetero) is 1. The normalized spacial score (nSPS) is 20.5. The van der Waals surface area contributed by atoms with Crippen LogP contribution in [-0.4, -0.2) is 23.5 Å². The lowest BCUT2D eigenvalue weighted by molar-refractivity contribution is -0.124. The van der Waals surface area contributed by atoms with Crippen LogP contribution in [0.15, 0.2) is 83.9 Å². The van der Waals surface area contributed by atoms with Crippen molar-refractivity contribution in [2.24, 2.45) is 16.3 Å². The zero-order valence-electron chi connectivity index (χ0n) is 22.0. The molecule has 0 radical (unpaired) electrons. The predicted molar refractivity (Wildman–Crippen MR) is 148 cm³/mol. The fourth-order valence-corrected chi connectivity index (χ4v) is 5.62. The number of benzene rings is 3. The smallest absolute Gasteiger partial charge is 0.232 e. The van der Waals surface area contributed by atoms with Gasteiger partial charge in [-0.1, -0.05) is 68.4 Å². The highest BCUT2D eigenvalue weighted by molar-refractivity contribution is 6.13. The van der Waals surface area contributed by atoms with Gasteiger partial charge in [-0.05, 0) is 61.1 Å². The summed E-state index contributed by atoms with van der Waals surface area (Å²) < 4.78 is 5.87. The van der Waals surface area contributed by atoms with Gasteiger partial charge in [-0.15, -0.1) is 0 Å². The zero-order valence-corrected chi connectivity index (χ0v) is 22.0. The van der Waals surface area contributed by atoms with Crippen LogP contribution in [0.3, 0.4) is 0 Å². The third kappa shape index (κ3) is 5.22.